The molecule has 0 aliphatic carbocycles. The fourth-order valence-corrected chi connectivity index (χ4v) is 2.53. The molecule has 1 nitrogen and oxygen atoms in total. The van der Waals surface area contributed by atoms with Gasteiger partial charge in [-0.25, -0.2) is 0 Å². The minimum atomic E-state index is 0. The van der Waals surface area contributed by atoms with Gasteiger partial charge in [0.25, 0.3) is 0 Å². The van der Waals surface area contributed by atoms with Gasteiger partial charge in [-0.15, -0.1) is 12.4 Å². The molecule has 0 bridgehead atoms. The lowest BCUT2D eigenvalue weighted by Gasteiger charge is -2.12. The summed E-state index contributed by atoms with van der Waals surface area (Å²) in [7, 11) is 0. The van der Waals surface area contributed by atoms with E-state index >= 15 is 0 Å². The minimum Gasteiger partial charge on any atom is -0.310 e. The molecule has 1 heterocycles. The van der Waals surface area contributed by atoms with Crippen LogP contribution in [0.25, 0.3) is 11.1 Å². The molecule has 1 aliphatic rings. The Kier molecular flexibility index (Phi) is 4.40. The highest BCUT2D eigenvalue weighted by atomic mass is 35.5. The second-order valence-corrected chi connectivity index (χ2v) is 4.64. The standard InChI is InChI=1S/C16H17N.ClH/c1-2-6-13(7-3-1)14-8-4-9-15(12-14)16-10-5-11-17-16;/h1-4,6-9,12,16-17H,5,10-11H2;1H/t16-;/m0./s1. The lowest BCUT2D eigenvalue weighted by atomic mass is 9.99. The highest BCUT2D eigenvalue weighted by molar-refractivity contribution is 5.85. The number of rotatable bonds is 2. The predicted molar refractivity (Wildman–Crippen MR) is 79.1 cm³/mol. The summed E-state index contributed by atoms with van der Waals surface area (Å²) in [5.41, 5.74) is 4.04. The van der Waals surface area contributed by atoms with Crippen molar-refractivity contribution in [3.05, 3.63) is 60.2 Å². The molecule has 94 valence electrons. The van der Waals surface area contributed by atoms with E-state index in [4.69, 9.17) is 0 Å². The lowest BCUT2D eigenvalue weighted by molar-refractivity contribution is 0.648. The van der Waals surface area contributed by atoms with Gasteiger partial charge in [-0.1, -0.05) is 48.5 Å². The molecule has 2 heteroatoms. The van der Waals surface area contributed by atoms with Crippen LogP contribution in [0.5, 0.6) is 0 Å². The van der Waals surface area contributed by atoms with Gasteiger partial charge >= 0.3 is 0 Å². The van der Waals surface area contributed by atoms with E-state index in [2.05, 4.69) is 59.9 Å². The van der Waals surface area contributed by atoms with Crippen molar-refractivity contribution >= 4 is 12.4 Å². The number of benzene rings is 2. The van der Waals surface area contributed by atoms with Crippen LogP contribution in [-0.2, 0) is 0 Å². The van der Waals surface area contributed by atoms with Gasteiger partial charge in [0.05, 0.1) is 0 Å². The van der Waals surface area contributed by atoms with Gasteiger partial charge in [0.2, 0.25) is 0 Å². The second-order valence-electron chi connectivity index (χ2n) is 4.64. The fourth-order valence-electron chi connectivity index (χ4n) is 2.53. The summed E-state index contributed by atoms with van der Waals surface area (Å²) in [4.78, 5) is 0. The molecule has 3 rings (SSSR count). The Morgan fingerprint density at radius 2 is 1.67 bits per heavy atom. The summed E-state index contributed by atoms with van der Waals surface area (Å²) in [5, 5.41) is 3.55. The van der Waals surface area contributed by atoms with Crippen molar-refractivity contribution in [1.82, 2.24) is 5.32 Å². The molecular weight excluding hydrogens is 242 g/mol. The van der Waals surface area contributed by atoms with E-state index in [0.29, 0.717) is 6.04 Å². The van der Waals surface area contributed by atoms with E-state index in [1.807, 2.05) is 0 Å². The topological polar surface area (TPSA) is 12.0 Å². The highest BCUT2D eigenvalue weighted by Crippen LogP contribution is 2.27. The first kappa shape index (κ1) is 13.1. The van der Waals surface area contributed by atoms with Crippen LogP contribution in [0.15, 0.2) is 54.6 Å². The average Bonchev–Trinajstić information content (AvgIpc) is 2.94. The van der Waals surface area contributed by atoms with E-state index in [-0.39, 0.29) is 12.4 Å². The third kappa shape index (κ3) is 2.74. The third-order valence-corrected chi connectivity index (χ3v) is 3.46. The van der Waals surface area contributed by atoms with Crippen LogP contribution >= 0.6 is 12.4 Å². The van der Waals surface area contributed by atoms with Crippen molar-refractivity contribution in [2.75, 3.05) is 6.54 Å². The molecule has 1 atom stereocenters. The van der Waals surface area contributed by atoms with Crippen molar-refractivity contribution in [1.29, 1.82) is 0 Å². The molecule has 2 aromatic rings. The SMILES string of the molecule is Cl.c1ccc(-c2cccc([C@@H]3CCCN3)c2)cc1. The molecule has 1 saturated heterocycles. The smallest absolute Gasteiger partial charge is 0.0320 e. The van der Waals surface area contributed by atoms with Crippen molar-refractivity contribution in [2.45, 2.75) is 18.9 Å². The van der Waals surface area contributed by atoms with Crippen LogP contribution in [0.4, 0.5) is 0 Å². The van der Waals surface area contributed by atoms with Crippen LogP contribution in [0.3, 0.4) is 0 Å². The Bertz CT molecular complexity index is 489. The maximum absolute atomic E-state index is 3.55. The maximum Gasteiger partial charge on any atom is 0.0320 e. The summed E-state index contributed by atoms with van der Waals surface area (Å²) in [6.07, 6.45) is 2.55. The Morgan fingerprint density at radius 1 is 0.889 bits per heavy atom. The zero-order valence-corrected chi connectivity index (χ0v) is 11.1. The summed E-state index contributed by atoms with van der Waals surface area (Å²) in [6, 6.07) is 20.0. The number of halogens is 1. The molecule has 2 aromatic carbocycles. The highest BCUT2D eigenvalue weighted by Gasteiger charge is 2.16. The lowest BCUT2D eigenvalue weighted by Crippen LogP contribution is -2.12. The Balaban J connectivity index is 0.00000120. The number of nitrogens with one attached hydrogen (secondary N) is 1. The zero-order valence-electron chi connectivity index (χ0n) is 10.3. The Hall–Kier alpha value is -1.31. The molecule has 1 fully saturated rings. The maximum atomic E-state index is 3.55. The zero-order chi connectivity index (χ0) is 11.5. The molecular formula is C16H18ClN. The first-order valence-electron chi connectivity index (χ1n) is 6.32. The normalized spacial score (nSPS) is 18.3. The fraction of sp³-hybridized carbons (Fsp3) is 0.250. The van der Waals surface area contributed by atoms with E-state index in [1.54, 1.807) is 0 Å². The van der Waals surface area contributed by atoms with Gasteiger partial charge in [0.1, 0.15) is 0 Å². The number of hydrogen-bond donors (Lipinski definition) is 1. The van der Waals surface area contributed by atoms with Gasteiger partial charge in [-0.3, -0.25) is 0 Å². The van der Waals surface area contributed by atoms with Gasteiger partial charge in [-0.2, -0.15) is 0 Å². The van der Waals surface area contributed by atoms with E-state index in [0.717, 1.165) is 6.54 Å². The minimum absolute atomic E-state index is 0. The molecule has 0 amide bonds. The third-order valence-electron chi connectivity index (χ3n) is 3.46. The van der Waals surface area contributed by atoms with Crippen molar-refractivity contribution in [3.8, 4) is 11.1 Å². The summed E-state index contributed by atoms with van der Waals surface area (Å²) in [5.74, 6) is 0. The first-order valence-corrected chi connectivity index (χ1v) is 6.32. The van der Waals surface area contributed by atoms with Gasteiger partial charge in [0.15, 0.2) is 0 Å². The summed E-state index contributed by atoms with van der Waals surface area (Å²) in [6.45, 7) is 1.15. The first-order chi connectivity index (χ1) is 8.43. The Labute approximate surface area is 115 Å². The molecule has 1 N–H and O–H groups in total. The van der Waals surface area contributed by atoms with Gasteiger partial charge in [-0.05, 0) is 42.1 Å². The van der Waals surface area contributed by atoms with Gasteiger partial charge < -0.3 is 5.32 Å². The molecule has 0 aromatic heterocycles. The van der Waals surface area contributed by atoms with Crippen molar-refractivity contribution < 1.29 is 0 Å². The van der Waals surface area contributed by atoms with Crippen molar-refractivity contribution in [2.24, 2.45) is 0 Å². The van der Waals surface area contributed by atoms with E-state index < -0.39 is 0 Å². The largest absolute Gasteiger partial charge is 0.310 e. The number of hydrogen-bond acceptors (Lipinski definition) is 1. The molecule has 0 spiro atoms. The van der Waals surface area contributed by atoms with Crippen LogP contribution in [0, 0.1) is 0 Å². The van der Waals surface area contributed by atoms with Gasteiger partial charge in [0, 0.05) is 6.04 Å². The van der Waals surface area contributed by atoms with E-state index in [9.17, 15) is 0 Å². The summed E-state index contributed by atoms with van der Waals surface area (Å²) < 4.78 is 0. The second kappa shape index (κ2) is 6.03. The van der Waals surface area contributed by atoms with Crippen molar-refractivity contribution in [3.63, 3.8) is 0 Å². The monoisotopic (exact) mass is 259 g/mol. The van der Waals surface area contributed by atoms with E-state index in [1.165, 1.54) is 29.5 Å². The average molecular weight is 260 g/mol. The predicted octanol–water partition coefficient (Wildman–Crippen LogP) is 4.20. The van der Waals surface area contributed by atoms with Crippen LogP contribution in [0.2, 0.25) is 0 Å². The van der Waals surface area contributed by atoms with Crippen LogP contribution in [-0.4, -0.2) is 6.54 Å². The quantitative estimate of drug-likeness (QED) is 0.852. The molecule has 0 radical (unpaired) electrons. The molecule has 18 heavy (non-hydrogen) atoms. The Morgan fingerprint density at radius 3 is 2.39 bits per heavy atom. The van der Waals surface area contributed by atoms with Crippen LogP contribution in [0.1, 0.15) is 24.4 Å². The molecule has 0 saturated carbocycles. The molecule has 1 aliphatic heterocycles. The molecule has 0 unspecified atom stereocenters. The summed E-state index contributed by atoms with van der Waals surface area (Å²) >= 11 is 0. The van der Waals surface area contributed by atoms with Crippen LogP contribution < -0.4 is 5.32 Å².